The first-order valence-corrected chi connectivity index (χ1v) is 7.72. The molecule has 0 unspecified atom stereocenters. The highest BCUT2D eigenvalue weighted by atomic mass is 32.1. The van der Waals surface area contributed by atoms with Crippen LogP contribution in [0.25, 0.3) is 0 Å². The molecule has 19 heavy (non-hydrogen) atoms. The van der Waals surface area contributed by atoms with E-state index in [1.54, 1.807) is 11.3 Å². The molecule has 0 aromatic carbocycles. The third-order valence-corrected chi connectivity index (χ3v) is 3.93. The van der Waals surface area contributed by atoms with E-state index < -0.39 is 0 Å². The van der Waals surface area contributed by atoms with Crippen LogP contribution in [0.2, 0.25) is 0 Å². The molecule has 1 aromatic rings. The summed E-state index contributed by atoms with van der Waals surface area (Å²) in [6.45, 7) is 6.63. The van der Waals surface area contributed by atoms with Gasteiger partial charge in [0.05, 0.1) is 18.7 Å². The zero-order chi connectivity index (χ0) is 13.5. The normalized spacial score (nSPS) is 15.6. The van der Waals surface area contributed by atoms with Gasteiger partial charge in [-0.05, 0) is 32.9 Å². The van der Waals surface area contributed by atoms with Crippen LogP contribution < -0.4 is 5.32 Å². The molecule has 106 valence electrons. The first-order valence-electron chi connectivity index (χ1n) is 6.84. The van der Waals surface area contributed by atoms with Crippen molar-refractivity contribution in [1.29, 1.82) is 0 Å². The van der Waals surface area contributed by atoms with E-state index in [1.807, 2.05) is 12.3 Å². The SMILES string of the molecule is CCOC(=O)Cc1csc(NCCN2CCCC2)n1. The molecule has 1 aliphatic rings. The summed E-state index contributed by atoms with van der Waals surface area (Å²) in [5.41, 5.74) is 0.784. The van der Waals surface area contributed by atoms with Gasteiger partial charge in [-0.2, -0.15) is 0 Å². The number of carbonyl (C=O) groups excluding carboxylic acids is 1. The van der Waals surface area contributed by atoms with Crippen LogP contribution in [0.15, 0.2) is 5.38 Å². The number of hydrogen-bond acceptors (Lipinski definition) is 6. The lowest BCUT2D eigenvalue weighted by atomic mass is 10.3. The molecular formula is C13H21N3O2S. The van der Waals surface area contributed by atoms with Gasteiger partial charge in [-0.15, -0.1) is 11.3 Å². The second-order valence-corrected chi connectivity index (χ2v) is 5.46. The highest BCUT2D eigenvalue weighted by Gasteiger charge is 2.11. The zero-order valence-electron chi connectivity index (χ0n) is 11.4. The molecule has 1 aliphatic heterocycles. The summed E-state index contributed by atoms with van der Waals surface area (Å²) < 4.78 is 4.90. The van der Waals surface area contributed by atoms with Gasteiger partial charge in [0.25, 0.3) is 0 Å². The molecular weight excluding hydrogens is 262 g/mol. The minimum atomic E-state index is -0.212. The summed E-state index contributed by atoms with van der Waals surface area (Å²) >= 11 is 1.54. The Morgan fingerprint density at radius 2 is 2.32 bits per heavy atom. The largest absolute Gasteiger partial charge is 0.466 e. The first-order chi connectivity index (χ1) is 9.28. The Labute approximate surface area is 118 Å². The smallest absolute Gasteiger partial charge is 0.311 e. The van der Waals surface area contributed by atoms with Crippen LogP contribution in [0.5, 0.6) is 0 Å². The van der Waals surface area contributed by atoms with Gasteiger partial charge in [0.1, 0.15) is 0 Å². The summed E-state index contributed by atoms with van der Waals surface area (Å²) in [5.74, 6) is -0.212. The minimum absolute atomic E-state index is 0.212. The maximum Gasteiger partial charge on any atom is 0.311 e. The van der Waals surface area contributed by atoms with E-state index in [2.05, 4.69) is 15.2 Å². The zero-order valence-corrected chi connectivity index (χ0v) is 12.2. The second-order valence-electron chi connectivity index (χ2n) is 4.60. The van der Waals surface area contributed by atoms with Crippen molar-refractivity contribution in [3.05, 3.63) is 11.1 Å². The van der Waals surface area contributed by atoms with Gasteiger partial charge in [-0.3, -0.25) is 4.79 Å². The average molecular weight is 283 g/mol. The predicted molar refractivity (Wildman–Crippen MR) is 76.6 cm³/mol. The molecule has 6 heteroatoms. The summed E-state index contributed by atoms with van der Waals surface area (Å²) in [6, 6.07) is 0. The molecule has 0 radical (unpaired) electrons. The third kappa shape index (κ3) is 4.80. The standard InChI is InChI=1S/C13H21N3O2S/c1-2-18-12(17)9-11-10-19-13(15-11)14-5-8-16-6-3-4-7-16/h10H,2-9H2,1H3,(H,14,15). The fourth-order valence-corrected chi connectivity index (χ4v) is 2.90. The Hall–Kier alpha value is -1.14. The van der Waals surface area contributed by atoms with Gasteiger partial charge in [0.2, 0.25) is 0 Å². The Balaban J connectivity index is 1.69. The summed E-state index contributed by atoms with van der Waals surface area (Å²) in [4.78, 5) is 18.2. The van der Waals surface area contributed by atoms with Crippen LogP contribution in [0, 0.1) is 0 Å². The van der Waals surface area contributed by atoms with Crippen LogP contribution in [0.1, 0.15) is 25.5 Å². The molecule has 0 saturated carbocycles. The number of hydrogen-bond donors (Lipinski definition) is 1. The lowest BCUT2D eigenvalue weighted by molar-refractivity contribution is -0.142. The number of nitrogens with zero attached hydrogens (tertiary/aromatic N) is 2. The minimum Gasteiger partial charge on any atom is -0.466 e. The maximum absolute atomic E-state index is 11.3. The van der Waals surface area contributed by atoms with Crippen molar-refractivity contribution in [1.82, 2.24) is 9.88 Å². The van der Waals surface area contributed by atoms with Crippen LogP contribution in [-0.2, 0) is 16.0 Å². The molecule has 2 rings (SSSR count). The molecule has 5 nitrogen and oxygen atoms in total. The van der Waals surface area contributed by atoms with Crippen LogP contribution in [-0.4, -0.2) is 48.6 Å². The van der Waals surface area contributed by atoms with Gasteiger partial charge < -0.3 is 15.0 Å². The summed E-state index contributed by atoms with van der Waals surface area (Å²) in [5, 5.41) is 6.11. The summed E-state index contributed by atoms with van der Waals surface area (Å²) in [7, 11) is 0. The number of ether oxygens (including phenoxy) is 1. The van der Waals surface area contributed by atoms with Crippen LogP contribution in [0.4, 0.5) is 5.13 Å². The molecule has 0 bridgehead atoms. The molecule has 1 N–H and O–H groups in total. The number of carbonyl (C=O) groups is 1. The van der Waals surface area contributed by atoms with Gasteiger partial charge >= 0.3 is 5.97 Å². The number of esters is 1. The molecule has 1 saturated heterocycles. The van der Waals surface area contributed by atoms with Gasteiger partial charge in [0, 0.05) is 18.5 Å². The Kier molecular flexibility index (Phi) is 5.60. The summed E-state index contributed by atoms with van der Waals surface area (Å²) in [6.07, 6.45) is 2.90. The Morgan fingerprint density at radius 1 is 1.53 bits per heavy atom. The van der Waals surface area contributed by atoms with Crippen LogP contribution >= 0.6 is 11.3 Å². The van der Waals surface area contributed by atoms with Crippen molar-refractivity contribution < 1.29 is 9.53 Å². The molecule has 1 aromatic heterocycles. The second kappa shape index (κ2) is 7.45. The van der Waals surface area contributed by atoms with Crippen molar-refractivity contribution in [2.45, 2.75) is 26.2 Å². The number of aromatic nitrogens is 1. The lowest BCUT2D eigenvalue weighted by Gasteiger charge is -2.14. The van der Waals surface area contributed by atoms with Crippen molar-refractivity contribution in [2.75, 3.05) is 38.1 Å². The number of anilines is 1. The first kappa shape index (κ1) is 14.3. The predicted octanol–water partition coefficient (Wildman–Crippen LogP) is 1.76. The van der Waals surface area contributed by atoms with E-state index in [-0.39, 0.29) is 12.4 Å². The number of thiazole rings is 1. The quantitative estimate of drug-likeness (QED) is 0.773. The molecule has 0 spiro atoms. The fourth-order valence-electron chi connectivity index (χ4n) is 2.16. The molecule has 2 heterocycles. The van der Waals surface area contributed by atoms with Gasteiger partial charge in [0.15, 0.2) is 5.13 Å². The van der Waals surface area contributed by atoms with Crippen molar-refractivity contribution in [3.8, 4) is 0 Å². The molecule has 1 fully saturated rings. The topological polar surface area (TPSA) is 54.5 Å². The van der Waals surface area contributed by atoms with Crippen molar-refractivity contribution in [2.24, 2.45) is 0 Å². The highest BCUT2D eigenvalue weighted by Crippen LogP contribution is 2.16. The molecule has 0 atom stereocenters. The molecule has 0 amide bonds. The number of nitrogens with one attached hydrogen (secondary N) is 1. The van der Waals surface area contributed by atoms with E-state index in [9.17, 15) is 4.79 Å². The highest BCUT2D eigenvalue weighted by molar-refractivity contribution is 7.13. The van der Waals surface area contributed by atoms with Crippen molar-refractivity contribution in [3.63, 3.8) is 0 Å². The van der Waals surface area contributed by atoms with Gasteiger partial charge in [-0.25, -0.2) is 4.98 Å². The Morgan fingerprint density at radius 3 is 3.05 bits per heavy atom. The fraction of sp³-hybridized carbons (Fsp3) is 0.692. The van der Waals surface area contributed by atoms with E-state index in [0.717, 1.165) is 23.9 Å². The molecule has 0 aliphatic carbocycles. The van der Waals surface area contributed by atoms with E-state index >= 15 is 0 Å². The van der Waals surface area contributed by atoms with Gasteiger partial charge in [-0.1, -0.05) is 0 Å². The monoisotopic (exact) mass is 283 g/mol. The maximum atomic E-state index is 11.3. The number of rotatable bonds is 7. The lowest BCUT2D eigenvalue weighted by Crippen LogP contribution is -2.25. The Bertz CT molecular complexity index is 402. The third-order valence-electron chi connectivity index (χ3n) is 3.09. The van der Waals surface area contributed by atoms with E-state index in [0.29, 0.717) is 6.61 Å². The van der Waals surface area contributed by atoms with Crippen molar-refractivity contribution >= 4 is 22.4 Å². The van der Waals surface area contributed by atoms with Crippen LogP contribution in [0.3, 0.4) is 0 Å². The van der Waals surface area contributed by atoms with E-state index in [1.165, 1.54) is 25.9 Å². The average Bonchev–Trinajstić information content (AvgIpc) is 3.01. The van der Waals surface area contributed by atoms with E-state index in [4.69, 9.17) is 4.74 Å². The number of likely N-dealkylation sites (tertiary alicyclic amines) is 1.